The minimum absolute atomic E-state index is 0.305. The van der Waals surface area contributed by atoms with Crippen molar-refractivity contribution in [3.8, 4) is 0 Å². The van der Waals surface area contributed by atoms with Crippen molar-refractivity contribution in [2.45, 2.75) is 25.9 Å². The zero-order chi connectivity index (χ0) is 12.1. The molecule has 1 rings (SSSR count). The van der Waals surface area contributed by atoms with Crippen LogP contribution >= 0.6 is 0 Å². The number of rotatable bonds is 5. The van der Waals surface area contributed by atoms with Crippen molar-refractivity contribution in [3.05, 3.63) is 27.9 Å². The number of hydrogen-bond acceptors (Lipinski definition) is 4. The van der Waals surface area contributed by atoms with Gasteiger partial charge in [-0.1, -0.05) is 13.3 Å². The van der Waals surface area contributed by atoms with E-state index in [9.17, 15) is 9.59 Å². The van der Waals surface area contributed by atoms with E-state index in [4.69, 9.17) is 9.84 Å². The summed E-state index contributed by atoms with van der Waals surface area (Å²) in [5.74, 6) is -0.927. The van der Waals surface area contributed by atoms with Gasteiger partial charge < -0.3 is 14.8 Å². The zero-order valence-electron chi connectivity index (χ0n) is 9.19. The van der Waals surface area contributed by atoms with Crippen LogP contribution in [0.4, 0.5) is 0 Å². The van der Waals surface area contributed by atoms with Gasteiger partial charge in [-0.15, -0.1) is 0 Å². The van der Waals surface area contributed by atoms with E-state index in [1.165, 1.54) is 7.11 Å². The monoisotopic (exact) mass is 226 g/mol. The Kier molecular flexibility index (Phi) is 4.19. The molecule has 0 aliphatic rings. The maximum Gasteiger partial charge on any atom is 0.342 e. The Balaban J connectivity index is 3.04. The molecule has 0 aromatic carbocycles. The number of nitrogens with zero attached hydrogens (tertiary/aromatic N) is 1. The predicted octanol–water partition coefficient (Wildman–Crippen LogP) is 0.956. The number of nitrogens with one attached hydrogen (secondary N) is 1. The van der Waals surface area contributed by atoms with Crippen LogP contribution in [0.15, 0.2) is 11.0 Å². The Morgan fingerprint density at radius 1 is 1.69 bits per heavy atom. The third-order valence-corrected chi connectivity index (χ3v) is 2.19. The summed E-state index contributed by atoms with van der Waals surface area (Å²) in [6, 6.07) is 0. The van der Waals surface area contributed by atoms with Crippen LogP contribution in [0.2, 0.25) is 0 Å². The maximum atomic E-state index is 11.4. The second-order valence-corrected chi connectivity index (χ2v) is 3.33. The van der Waals surface area contributed by atoms with Gasteiger partial charge in [0.25, 0.3) is 5.56 Å². The first-order valence-corrected chi connectivity index (χ1v) is 4.95. The van der Waals surface area contributed by atoms with Crippen molar-refractivity contribution >= 4 is 5.97 Å². The largest absolute Gasteiger partial charge is 0.477 e. The summed E-state index contributed by atoms with van der Waals surface area (Å²) in [7, 11) is 1.52. The number of carboxylic acid groups (broad SMARTS) is 1. The lowest BCUT2D eigenvalue weighted by molar-refractivity contribution is 0.0691. The average Bonchev–Trinajstić information content (AvgIpc) is 2.25. The molecule has 6 heteroatoms. The highest BCUT2D eigenvalue weighted by atomic mass is 16.5. The number of methoxy groups -OCH3 is 1. The van der Waals surface area contributed by atoms with Gasteiger partial charge >= 0.3 is 5.97 Å². The Morgan fingerprint density at radius 2 is 2.38 bits per heavy atom. The number of aromatic nitrogens is 2. The fraction of sp³-hybridized carbons (Fsp3) is 0.500. The van der Waals surface area contributed by atoms with Crippen molar-refractivity contribution in [2.75, 3.05) is 7.11 Å². The number of hydrogen-bond donors (Lipinski definition) is 2. The molecule has 0 fully saturated rings. The summed E-state index contributed by atoms with van der Waals surface area (Å²) in [6.45, 7) is 1.98. The Bertz CT molecular complexity index is 427. The van der Waals surface area contributed by atoms with Gasteiger partial charge in [-0.3, -0.25) is 4.79 Å². The van der Waals surface area contributed by atoms with Crippen LogP contribution in [-0.2, 0) is 4.74 Å². The second kappa shape index (κ2) is 5.41. The van der Waals surface area contributed by atoms with Crippen LogP contribution in [0.1, 0.15) is 42.1 Å². The molecule has 16 heavy (non-hydrogen) atoms. The van der Waals surface area contributed by atoms with Crippen molar-refractivity contribution in [1.29, 1.82) is 0 Å². The van der Waals surface area contributed by atoms with Crippen molar-refractivity contribution in [2.24, 2.45) is 0 Å². The number of aromatic carboxylic acids is 1. The molecule has 0 bridgehead atoms. The molecule has 0 radical (unpaired) electrons. The van der Waals surface area contributed by atoms with E-state index >= 15 is 0 Å². The van der Waals surface area contributed by atoms with Crippen LogP contribution in [0, 0.1) is 0 Å². The van der Waals surface area contributed by atoms with E-state index in [2.05, 4.69) is 9.97 Å². The lowest BCUT2D eigenvalue weighted by Gasteiger charge is -2.12. The van der Waals surface area contributed by atoms with Gasteiger partial charge in [0.2, 0.25) is 0 Å². The minimum atomic E-state index is -1.29. The number of carboxylic acids is 1. The molecular formula is C10H14N2O4. The Hall–Kier alpha value is -1.69. The third kappa shape index (κ3) is 2.66. The smallest absolute Gasteiger partial charge is 0.342 e. The molecule has 1 atom stereocenters. The van der Waals surface area contributed by atoms with E-state index in [0.29, 0.717) is 12.2 Å². The summed E-state index contributed by atoms with van der Waals surface area (Å²) in [4.78, 5) is 28.3. The summed E-state index contributed by atoms with van der Waals surface area (Å²) < 4.78 is 5.15. The molecule has 0 saturated carbocycles. The maximum absolute atomic E-state index is 11.4. The Morgan fingerprint density at radius 3 is 2.81 bits per heavy atom. The number of aromatic amines is 1. The van der Waals surface area contributed by atoms with E-state index < -0.39 is 11.5 Å². The molecule has 2 N–H and O–H groups in total. The predicted molar refractivity (Wildman–Crippen MR) is 56.5 cm³/mol. The summed E-state index contributed by atoms with van der Waals surface area (Å²) in [5, 5.41) is 8.66. The molecule has 0 aliphatic carbocycles. The molecule has 6 nitrogen and oxygen atoms in total. The molecule has 1 unspecified atom stereocenters. The highest BCUT2D eigenvalue weighted by Gasteiger charge is 2.15. The standard InChI is InChI=1S/C10H14N2O4/c1-3-4-7(16-2)8-11-5-6(10(14)15)9(13)12-8/h5,7H,3-4H2,1-2H3,(H,14,15)(H,11,12,13). The highest BCUT2D eigenvalue weighted by molar-refractivity contribution is 5.86. The lowest BCUT2D eigenvalue weighted by Crippen LogP contribution is -2.22. The van der Waals surface area contributed by atoms with Crippen LogP contribution in [0.5, 0.6) is 0 Å². The summed E-state index contributed by atoms with van der Waals surface area (Å²) in [5.41, 5.74) is -1.02. The normalized spacial score (nSPS) is 12.4. The first-order chi connectivity index (χ1) is 7.60. The highest BCUT2D eigenvalue weighted by Crippen LogP contribution is 2.16. The van der Waals surface area contributed by atoms with Crippen molar-refractivity contribution < 1.29 is 14.6 Å². The first-order valence-electron chi connectivity index (χ1n) is 4.95. The van der Waals surface area contributed by atoms with Gasteiger partial charge in [-0.05, 0) is 6.42 Å². The lowest BCUT2D eigenvalue weighted by atomic mass is 10.2. The second-order valence-electron chi connectivity index (χ2n) is 3.33. The summed E-state index contributed by atoms with van der Waals surface area (Å²) >= 11 is 0. The van der Waals surface area contributed by atoms with Gasteiger partial charge in [0.05, 0.1) is 0 Å². The van der Waals surface area contributed by atoms with E-state index in [1.807, 2.05) is 6.92 Å². The van der Waals surface area contributed by atoms with Crippen LogP contribution in [-0.4, -0.2) is 28.2 Å². The zero-order valence-corrected chi connectivity index (χ0v) is 9.19. The number of H-pyrrole nitrogens is 1. The topological polar surface area (TPSA) is 92.3 Å². The van der Waals surface area contributed by atoms with Gasteiger partial charge in [0.15, 0.2) is 0 Å². The van der Waals surface area contributed by atoms with E-state index in [0.717, 1.165) is 12.6 Å². The fourth-order valence-corrected chi connectivity index (χ4v) is 1.35. The fourth-order valence-electron chi connectivity index (χ4n) is 1.35. The van der Waals surface area contributed by atoms with E-state index in [-0.39, 0.29) is 11.7 Å². The van der Waals surface area contributed by atoms with Gasteiger partial charge in [-0.25, -0.2) is 9.78 Å². The summed E-state index contributed by atoms with van der Waals surface area (Å²) in [6.07, 6.45) is 2.34. The van der Waals surface area contributed by atoms with Gasteiger partial charge in [0.1, 0.15) is 17.5 Å². The van der Waals surface area contributed by atoms with Gasteiger partial charge in [0, 0.05) is 13.3 Å². The third-order valence-electron chi connectivity index (χ3n) is 2.19. The molecule has 1 aromatic heterocycles. The molecule has 0 amide bonds. The molecule has 88 valence electrons. The minimum Gasteiger partial charge on any atom is -0.477 e. The quantitative estimate of drug-likeness (QED) is 0.780. The van der Waals surface area contributed by atoms with Crippen LogP contribution in [0.3, 0.4) is 0 Å². The molecule has 0 saturated heterocycles. The molecule has 0 spiro atoms. The van der Waals surface area contributed by atoms with E-state index in [1.54, 1.807) is 0 Å². The van der Waals surface area contributed by atoms with Crippen molar-refractivity contribution in [3.63, 3.8) is 0 Å². The van der Waals surface area contributed by atoms with Crippen LogP contribution < -0.4 is 5.56 Å². The SMILES string of the molecule is CCCC(OC)c1ncc(C(=O)O)c(=O)[nH]1. The molecule has 1 heterocycles. The number of carbonyl (C=O) groups is 1. The first kappa shape index (κ1) is 12.4. The van der Waals surface area contributed by atoms with Gasteiger partial charge in [-0.2, -0.15) is 0 Å². The average molecular weight is 226 g/mol. The molecule has 1 aromatic rings. The number of ether oxygens (including phenoxy) is 1. The van der Waals surface area contributed by atoms with Crippen molar-refractivity contribution in [1.82, 2.24) is 9.97 Å². The molecular weight excluding hydrogens is 212 g/mol. The van der Waals surface area contributed by atoms with Crippen LogP contribution in [0.25, 0.3) is 0 Å². The molecule has 0 aliphatic heterocycles. The Labute approximate surface area is 92.3 Å².